The highest BCUT2D eigenvalue weighted by Gasteiger charge is 2.10. The lowest BCUT2D eigenvalue weighted by Gasteiger charge is -2.03. The van der Waals surface area contributed by atoms with Crippen molar-refractivity contribution >= 4 is 33.4 Å². The maximum atomic E-state index is 6.03. The fraction of sp³-hybridized carbons (Fsp3) is 0.0667. The number of nitrogens with two attached hydrogens (primary N) is 1. The highest BCUT2D eigenvalue weighted by atomic mass is 79.9. The van der Waals surface area contributed by atoms with Gasteiger partial charge in [-0.2, -0.15) is 0 Å². The topological polar surface area (TPSA) is 67.6 Å². The van der Waals surface area contributed by atoms with Crippen LogP contribution in [-0.4, -0.2) is 21.2 Å². The molecule has 0 saturated carbocycles. The average Bonchev–Trinajstić information content (AvgIpc) is 3.00. The molecule has 0 saturated heterocycles. The van der Waals surface area contributed by atoms with Gasteiger partial charge in [0.05, 0.1) is 17.6 Å². The first-order valence-corrected chi connectivity index (χ1v) is 8.30. The Morgan fingerprint density at radius 2 is 1.90 bits per heavy atom. The maximum Gasteiger partial charge on any atom is 0.139 e. The number of aromatic nitrogens is 3. The second-order valence-electron chi connectivity index (χ2n) is 4.44. The molecule has 0 aliphatic rings. The Hall–Kier alpha value is -1.79. The third-order valence-corrected chi connectivity index (χ3v) is 4.55. The first-order valence-electron chi connectivity index (χ1n) is 6.29. The predicted molar refractivity (Wildman–Crippen MR) is 91.1 cm³/mol. The molecule has 2 aromatic heterocycles. The molecular formula is C15H13BrN4S. The molecule has 0 atom stereocenters. The van der Waals surface area contributed by atoms with Crippen molar-refractivity contribution in [3.63, 3.8) is 0 Å². The number of nitrogens with zero attached hydrogens (tertiary/aromatic N) is 2. The molecule has 3 N–H and O–H groups in total. The van der Waals surface area contributed by atoms with E-state index >= 15 is 0 Å². The Bertz CT molecular complexity index is 768. The molecule has 4 nitrogen and oxygen atoms in total. The summed E-state index contributed by atoms with van der Waals surface area (Å²) in [6.45, 7) is 0. The zero-order valence-electron chi connectivity index (χ0n) is 11.3. The van der Waals surface area contributed by atoms with Crippen LogP contribution in [0.2, 0.25) is 0 Å². The van der Waals surface area contributed by atoms with Crippen LogP contribution in [0, 0.1) is 0 Å². The molecule has 0 spiro atoms. The van der Waals surface area contributed by atoms with E-state index in [0.29, 0.717) is 10.3 Å². The van der Waals surface area contributed by atoms with Crippen LogP contribution in [0.4, 0.5) is 5.69 Å². The molecule has 0 amide bonds. The van der Waals surface area contributed by atoms with Gasteiger partial charge in [0.1, 0.15) is 10.4 Å². The molecule has 21 heavy (non-hydrogen) atoms. The summed E-state index contributed by atoms with van der Waals surface area (Å²) < 4.78 is 0.627. The lowest BCUT2D eigenvalue weighted by atomic mass is 10.2. The number of thioether (sulfide) groups is 1. The van der Waals surface area contributed by atoms with Crippen molar-refractivity contribution in [2.45, 2.75) is 4.90 Å². The summed E-state index contributed by atoms with van der Waals surface area (Å²) in [4.78, 5) is 13.1. The van der Waals surface area contributed by atoms with Crippen molar-refractivity contribution in [3.8, 4) is 22.6 Å². The van der Waals surface area contributed by atoms with Gasteiger partial charge in [-0.05, 0) is 45.9 Å². The summed E-state index contributed by atoms with van der Waals surface area (Å²) in [7, 11) is 0. The number of hydrogen-bond donors (Lipinski definition) is 2. The summed E-state index contributed by atoms with van der Waals surface area (Å²) in [5.74, 6) is 0.736. The molecule has 106 valence electrons. The number of pyridine rings is 1. The summed E-state index contributed by atoms with van der Waals surface area (Å²) in [5, 5.41) is 0. The van der Waals surface area contributed by atoms with Crippen molar-refractivity contribution in [1.82, 2.24) is 15.0 Å². The average molecular weight is 361 g/mol. The predicted octanol–water partition coefficient (Wildman–Crippen LogP) is 4.21. The van der Waals surface area contributed by atoms with Crippen LogP contribution in [0.3, 0.4) is 0 Å². The highest BCUT2D eigenvalue weighted by Crippen LogP contribution is 2.30. The maximum absolute atomic E-state index is 6.03. The SMILES string of the molecule is CSc1ccc(-c2cnc(-c3ccnc(Br)c3N)[nH]2)cc1. The number of rotatable bonds is 3. The third kappa shape index (κ3) is 2.82. The van der Waals surface area contributed by atoms with Crippen molar-refractivity contribution in [1.29, 1.82) is 0 Å². The van der Waals surface area contributed by atoms with Crippen LogP contribution in [0.1, 0.15) is 0 Å². The van der Waals surface area contributed by atoms with Crippen molar-refractivity contribution in [2.75, 3.05) is 12.0 Å². The van der Waals surface area contributed by atoms with E-state index < -0.39 is 0 Å². The first-order chi connectivity index (χ1) is 10.2. The fourth-order valence-electron chi connectivity index (χ4n) is 2.03. The minimum absolute atomic E-state index is 0.580. The molecule has 0 aliphatic carbocycles. The zero-order chi connectivity index (χ0) is 14.8. The first kappa shape index (κ1) is 14.2. The molecule has 0 aliphatic heterocycles. The van der Waals surface area contributed by atoms with Gasteiger partial charge in [-0.15, -0.1) is 11.8 Å². The normalized spacial score (nSPS) is 10.8. The van der Waals surface area contributed by atoms with Crippen LogP contribution < -0.4 is 5.73 Å². The molecule has 3 aromatic rings. The van der Waals surface area contributed by atoms with Gasteiger partial charge in [0.15, 0.2) is 0 Å². The molecule has 1 aromatic carbocycles. The summed E-state index contributed by atoms with van der Waals surface area (Å²) in [6, 6.07) is 10.2. The Morgan fingerprint density at radius 3 is 2.62 bits per heavy atom. The van der Waals surface area contributed by atoms with Crippen molar-refractivity contribution in [2.24, 2.45) is 0 Å². The molecule has 3 rings (SSSR count). The molecule has 6 heteroatoms. The summed E-state index contributed by atoms with van der Waals surface area (Å²) >= 11 is 5.05. The Morgan fingerprint density at radius 1 is 1.14 bits per heavy atom. The van der Waals surface area contributed by atoms with E-state index in [0.717, 1.165) is 22.6 Å². The molecule has 2 heterocycles. The molecular weight excluding hydrogens is 348 g/mol. The summed E-state index contributed by atoms with van der Waals surface area (Å²) in [5.41, 5.74) is 9.50. The van der Waals surface area contributed by atoms with Gasteiger partial charge in [0.25, 0.3) is 0 Å². The van der Waals surface area contributed by atoms with E-state index in [2.05, 4.69) is 61.4 Å². The number of halogens is 1. The van der Waals surface area contributed by atoms with Crippen LogP contribution in [0.5, 0.6) is 0 Å². The number of benzene rings is 1. The lowest BCUT2D eigenvalue weighted by molar-refractivity contribution is 1.25. The quantitative estimate of drug-likeness (QED) is 0.542. The number of imidazole rings is 1. The number of aromatic amines is 1. The van der Waals surface area contributed by atoms with Gasteiger partial charge in [-0.25, -0.2) is 9.97 Å². The van der Waals surface area contributed by atoms with Crippen LogP contribution in [0.15, 0.2) is 52.2 Å². The minimum Gasteiger partial charge on any atom is -0.396 e. The third-order valence-electron chi connectivity index (χ3n) is 3.17. The van der Waals surface area contributed by atoms with E-state index in [1.54, 1.807) is 18.0 Å². The Labute approximate surface area is 135 Å². The van der Waals surface area contributed by atoms with E-state index in [1.807, 2.05) is 12.3 Å². The number of hydrogen-bond acceptors (Lipinski definition) is 4. The Kier molecular flexibility index (Phi) is 3.98. The number of nitrogen functional groups attached to an aromatic ring is 1. The van der Waals surface area contributed by atoms with Gasteiger partial charge in [0, 0.05) is 16.7 Å². The monoisotopic (exact) mass is 360 g/mol. The van der Waals surface area contributed by atoms with Gasteiger partial charge in [-0.1, -0.05) is 12.1 Å². The standard InChI is InChI=1S/C15H13BrN4S/c1-21-10-4-2-9(3-5-10)12-8-19-15(20-12)11-6-7-18-14(16)13(11)17/h2-8H,17H2,1H3,(H,19,20). The fourth-order valence-corrected chi connectivity index (χ4v) is 2.77. The van der Waals surface area contributed by atoms with Gasteiger partial charge in [0.2, 0.25) is 0 Å². The molecule has 0 unspecified atom stereocenters. The van der Waals surface area contributed by atoms with E-state index in [4.69, 9.17) is 5.73 Å². The minimum atomic E-state index is 0.580. The highest BCUT2D eigenvalue weighted by molar-refractivity contribution is 9.10. The summed E-state index contributed by atoms with van der Waals surface area (Å²) in [6.07, 6.45) is 5.58. The van der Waals surface area contributed by atoms with E-state index in [-0.39, 0.29) is 0 Å². The second kappa shape index (κ2) is 5.91. The Balaban J connectivity index is 1.97. The zero-order valence-corrected chi connectivity index (χ0v) is 13.7. The van der Waals surface area contributed by atoms with Crippen LogP contribution in [-0.2, 0) is 0 Å². The second-order valence-corrected chi connectivity index (χ2v) is 6.07. The van der Waals surface area contributed by atoms with Gasteiger partial charge >= 0.3 is 0 Å². The van der Waals surface area contributed by atoms with Crippen molar-refractivity contribution in [3.05, 3.63) is 47.3 Å². The van der Waals surface area contributed by atoms with E-state index in [1.165, 1.54) is 4.90 Å². The van der Waals surface area contributed by atoms with Crippen LogP contribution >= 0.6 is 27.7 Å². The lowest BCUT2D eigenvalue weighted by Crippen LogP contribution is -1.94. The molecule has 0 radical (unpaired) electrons. The number of nitrogens with one attached hydrogen (secondary N) is 1. The van der Waals surface area contributed by atoms with Crippen LogP contribution in [0.25, 0.3) is 22.6 Å². The molecule has 0 fully saturated rings. The van der Waals surface area contributed by atoms with Gasteiger partial charge < -0.3 is 10.7 Å². The number of H-pyrrole nitrogens is 1. The number of anilines is 1. The van der Waals surface area contributed by atoms with Gasteiger partial charge in [-0.3, -0.25) is 0 Å². The smallest absolute Gasteiger partial charge is 0.139 e. The molecule has 0 bridgehead atoms. The van der Waals surface area contributed by atoms with E-state index in [9.17, 15) is 0 Å². The van der Waals surface area contributed by atoms with Crippen molar-refractivity contribution < 1.29 is 0 Å². The largest absolute Gasteiger partial charge is 0.396 e.